The monoisotopic (exact) mass is 787 g/mol. The highest BCUT2D eigenvalue weighted by molar-refractivity contribution is 6.38. The van der Waals surface area contributed by atoms with Gasteiger partial charge in [-0.1, -0.05) is 59.3 Å². The van der Waals surface area contributed by atoms with Crippen molar-refractivity contribution in [1.82, 2.24) is 45.9 Å². The highest BCUT2D eigenvalue weighted by atomic mass is 16.2. The van der Waals surface area contributed by atoms with Gasteiger partial charge in [0, 0.05) is 44.0 Å². The lowest BCUT2D eigenvalue weighted by molar-refractivity contribution is -0.157. The van der Waals surface area contributed by atoms with Crippen LogP contribution in [0.3, 0.4) is 0 Å². The molecule has 2 aliphatic carbocycles. The number of aromatic nitrogens is 2. The van der Waals surface area contributed by atoms with Crippen LogP contribution in [0, 0.1) is 23.7 Å². The van der Waals surface area contributed by atoms with Crippen molar-refractivity contribution in [3.63, 3.8) is 0 Å². The number of hydrogen-bond donors (Lipinski definition) is 4. The lowest BCUT2D eigenvalue weighted by atomic mass is 9.82. The van der Waals surface area contributed by atoms with E-state index < -0.39 is 76.5 Å². The largest absolute Gasteiger partial charge is 0.347 e. The molecule has 3 aliphatic heterocycles. The molecular formula is C41H57N9O7. The maximum atomic E-state index is 15.2. The zero-order chi connectivity index (χ0) is 41.1. The quantitative estimate of drug-likeness (QED) is 0.155. The first kappa shape index (κ1) is 41.9. The van der Waals surface area contributed by atoms with Crippen molar-refractivity contribution in [3.8, 4) is 12.3 Å². The summed E-state index contributed by atoms with van der Waals surface area (Å²) in [6.07, 6.45) is 17.8. The van der Waals surface area contributed by atoms with E-state index in [2.05, 4.69) is 37.2 Å². The van der Waals surface area contributed by atoms with Gasteiger partial charge in [0.1, 0.15) is 23.8 Å². The van der Waals surface area contributed by atoms with Crippen LogP contribution in [0.25, 0.3) is 0 Å². The number of carbonyl (C=O) groups is 7. The van der Waals surface area contributed by atoms with Crippen molar-refractivity contribution in [3.05, 3.63) is 24.3 Å². The Morgan fingerprint density at radius 2 is 1.72 bits per heavy atom. The molecule has 6 amide bonds. The molecule has 5 fully saturated rings. The third-order valence-corrected chi connectivity index (χ3v) is 12.2. The fraction of sp³-hybridized carbons (Fsp3) is 0.683. The SMILES string of the molecule is C#CCN1C[C@H]2CCCN2[C@@]12C[C@@H](C(=O)NC(CCC)C(=O)C(=O)NC1CC1)N(C(=O)[C@@H](NC(=O)[C@@H](NC(=O)c1cnccn1)C1CCCCC1)C(C)(C)C)C2=O. The average molecular weight is 788 g/mol. The molecule has 0 radical (unpaired) electrons. The minimum atomic E-state index is -1.42. The topological polar surface area (TPSA) is 203 Å². The van der Waals surface area contributed by atoms with Gasteiger partial charge in [0.05, 0.1) is 18.8 Å². The summed E-state index contributed by atoms with van der Waals surface area (Å²) in [5.41, 5.74) is -2.36. The fourth-order valence-electron chi connectivity index (χ4n) is 9.14. The molecule has 5 aliphatic rings. The number of ketones is 1. The number of likely N-dealkylation sites (tertiary alicyclic amines) is 1. The van der Waals surface area contributed by atoms with Crippen LogP contribution in [0.4, 0.5) is 0 Å². The second kappa shape index (κ2) is 17.4. The van der Waals surface area contributed by atoms with Crippen molar-refractivity contribution >= 4 is 41.2 Å². The van der Waals surface area contributed by atoms with E-state index in [4.69, 9.17) is 6.42 Å². The number of carbonyl (C=O) groups excluding carboxylic acids is 7. The molecule has 0 bridgehead atoms. The number of hydrogen-bond acceptors (Lipinski definition) is 11. The summed E-state index contributed by atoms with van der Waals surface area (Å²) < 4.78 is 0. The number of nitrogens with zero attached hydrogens (tertiary/aromatic N) is 5. The van der Waals surface area contributed by atoms with E-state index in [0.29, 0.717) is 32.4 Å². The average Bonchev–Trinajstić information content (AvgIpc) is 3.67. The molecule has 4 heterocycles. The lowest BCUT2D eigenvalue weighted by Gasteiger charge is -2.39. The van der Waals surface area contributed by atoms with E-state index in [0.717, 1.165) is 49.8 Å². The second-order valence-electron chi connectivity index (χ2n) is 17.3. The molecule has 6 atom stereocenters. The van der Waals surface area contributed by atoms with Crippen molar-refractivity contribution in [2.45, 2.75) is 147 Å². The van der Waals surface area contributed by atoms with Crippen LogP contribution in [-0.4, -0.2) is 127 Å². The first-order valence-corrected chi connectivity index (χ1v) is 20.6. The predicted octanol–water partition coefficient (Wildman–Crippen LogP) is 1.06. The highest BCUT2D eigenvalue weighted by Gasteiger charge is 2.67. The van der Waals surface area contributed by atoms with Gasteiger partial charge in [0.15, 0.2) is 5.66 Å². The van der Waals surface area contributed by atoms with Gasteiger partial charge in [0.25, 0.3) is 23.6 Å². The Hall–Kier alpha value is -4.75. The smallest absolute Gasteiger partial charge is 0.289 e. The molecule has 0 aromatic carbocycles. The Morgan fingerprint density at radius 3 is 2.35 bits per heavy atom. The van der Waals surface area contributed by atoms with E-state index in [-0.39, 0.29) is 43.1 Å². The Balaban J connectivity index is 1.33. The molecule has 308 valence electrons. The number of Topliss-reactive ketones (excluding diaryl/α,β-unsaturated/α-hetero) is 1. The summed E-state index contributed by atoms with van der Waals surface area (Å²) in [4.78, 5) is 112. The number of imide groups is 1. The minimum absolute atomic E-state index is 0.0196. The van der Waals surface area contributed by atoms with Crippen LogP contribution in [0.15, 0.2) is 18.6 Å². The van der Waals surface area contributed by atoms with Crippen LogP contribution >= 0.6 is 0 Å². The van der Waals surface area contributed by atoms with Gasteiger partial charge >= 0.3 is 0 Å². The number of rotatable bonds is 14. The molecule has 57 heavy (non-hydrogen) atoms. The van der Waals surface area contributed by atoms with E-state index in [1.807, 2.05) is 16.7 Å². The van der Waals surface area contributed by atoms with Crippen LogP contribution in [0.5, 0.6) is 0 Å². The third-order valence-electron chi connectivity index (χ3n) is 12.2. The van der Waals surface area contributed by atoms with Crippen molar-refractivity contribution in [1.29, 1.82) is 0 Å². The predicted molar refractivity (Wildman–Crippen MR) is 207 cm³/mol. The molecule has 16 heteroatoms. The maximum Gasteiger partial charge on any atom is 0.289 e. The third kappa shape index (κ3) is 8.74. The summed E-state index contributed by atoms with van der Waals surface area (Å²) in [5, 5.41) is 11.2. The van der Waals surface area contributed by atoms with Gasteiger partial charge in [-0.3, -0.25) is 53.2 Å². The standard InChI is InChI=1S/C41H57N9O7/c1-6-12-28(32(51)37(55)44-26-16-17-26)45-35(53)30-22-41(48(20-7-2)24-27-15-11-21-49(27)41)39(57)50(30)38(56)33(40(3,4)5)47-36(54)31(25-13-9-8-10-14-25)46-34(52)29-23-42-18-19-43-29/h2,18-19,23,25-28,30-31,33H,6,8-17,20-22,24H2,1,3-5H3,(H,44,55)(H,45,53)(H,46,52)(H,47,54)/t27-,28?,30+,31+,33-,41-/m1/s1. The molecule has 4 N–H and O–H groups in total. The van der Waals surface area contributed by atoms with Gasteiger partial charge in [0.2, 0.25) is 17.6 Å². The molecule has 1 unspecified atom stereocenters. The lowest BCUT2D eigenvalue weighted by Crippen LogP contribution is -2.64. The van der Waals surface area contributed by atoms with Gasteiger partial charge < -0.3 is 21.3 Å². The Kier molecular flexibility index (Phi) is 12.8. The molecule has 6 rings (SSSR count). The minimum Gasteiger partial charge on any atom is -0.347 e. The zero-order valence-corrected chi connectivity index (χ0v) is 33.6. The van der Waals surface area contributed by atoms with E-state index in [9.17, 15) is 24.0 Å². The summed E-state index contributed by atoms with van der Waals surface area (Å²) in [6.45, 7) is 8.20. The fourth-order valence-corrected chi connectivity index (χ4v) is 9.14. The zero-order valence-electron chi connectivity index (χ0n) is 33.6. The number of fused-ring (bicyclic) bond motifs is 2. The molecule has 16 nitrogen and oxygen atoms in total. The van der Waals surface area contributed by atoms with Crippen LogP contribution in [0.2, 0.25) is 0 Å². The molecule has 3 saturated heterocycles. The van der Waals surface area contributed by atoms with E-state index in [1.165, 1.54) is 18.6 Å². The molecule has 2 saturated carbocycles. The number of nitrogens with one attached hydrogen (secondary N) is 4. The summed E-state index contributed by atoms with van der Waals surface area (Å²) in [5.74, 6) is -2.50. The molecule has 1 aromatic heterocycles. The Bertz CT molecular complexity index is 1770. The Labute approximate surface area is 334 Å². The first-order chi connectivity index (χ1) is 27.2. The van der Waals surface area contributed by atoms with E-state index in [1.54, 1.807) is 20.8 Å². The Morgan fingerprint density at radius 1 is 0.982 bits per heavy atom. The van der Waals surface area contributed by atoms with Gasteiger partial charge in [-0.15, -0.1) is 6.42 Å². The van der Waals surface area contributed by atoms with Gasteiger partial charge in [-0.05, 0) is 56.3 Å². The normalized spacial score (nSPS) is 25.6. The van der Waals surface area contributed by atoms with Crippen LogP contribution < -0.4 is 21.3 Å². The van der Waals surface area contributed by atoms with Crippen molar-refractivity contribution in [2.24, 2.45) is 11.3 Å². The van der Waals surface area contributed by atoms with E-state index >= 15 is 9.59 Å². The van der Waals surface area contributed by atoms with Gasteiger partial charge in [-0.25, -0.2) is 4.98 Å². The van der Waals surface area contributed by atoms with Crippen LogP contribution in [0.1, 0.15) is 115 Å². The molecule has 1 aromatic rings. The summed E-state index contributed by atoms with van der Waals surface area (Å²) >= 11 is 0. The highest BCUT2D eigenvalue weighted by Crippen LogP contribution is 2.46. The van der Waals surface area contributed by atoms with Gasteiger partial charge in [-0.2, -0.15) is 0 Å². The van der Waals surface area contributed by atoms with Crippen molar-refractivity contribution in [2.75, 3.05) is 19.6 Å². The second-order valence-corrected chi connectivity index (χ2v) is 17.3. The number of amides is 6. The molecule has 1 spiro atoms. The maximum absolute atomic E-state index is 15.2. The van der Waals surface area contributed by atoms with Crippen LogP contribution in [-0.2, 0) is 28.8 Å². The summed E-state index contributed by atoms with van der Waals surface area (Å²) in [6, 6.07) is -5.01. The molecular weight excluding hydrogens is 731 g/mol. The summed E-state index contributed by atoms with van der Waals surface area (Å²) in [7, 11) is 0. The first-order valence-electron chi connectivity index (χ1n) is 20.6. The van der Waals surface area contributed by atoms with Crippen molar-refractivity contribution < 1.29 is 33.6 Å². The number of terminal acetylenes is 1.